The predicted octanol–water partition coefficient (Wildman–Crippen LogP) is 4.00. The second kappa shape index (κ2) is 8.52. The van der Waals surface area contributed by atoms with Gasteiger partial charge in [0.05, 0.1) is 11.6 Å². The first-order chi connectivity index (χ1) is 13.5. The second-order valence-corrected chi connectivity index (χ2v) is 7.96. The van der Waals surface area contributed by atoms with E-state index in [4.69, 9.17) is 4.74 Å². The number of hydrogen-bond donors (Lipinski definition) is 1. The Morgan fingerprint density at radius 2 is 1.83 bits per heavy atom. The van der Waals surface area contributed by atoms with Gasteiger partial charge in [-0.3, -0.25) is 4.79 Å². The lowest BCUT2D eigenvalue weighted by molar-refractivity contribution is -0.130. The lowest BCUT2D eigenvalue weighted by atomic mass is 9.90. The lowest BCUT2D eigenvalue weighted by Gasteiger charge is -2.28. The van der Waals surface area contributed by atoms with E-state index >= 15 is 0 Å². The number of nitriles is 1. The summed E-state index contributed by atoms with van der Waals surface area (Å²) < 4.78 is 7.39. The van der Waals surface area contributed by atoms with Crippen molar-refractivity contribution in [1.29, 1.82) is 5.26 Å². The predicted molar refractivity (Wildman–Crippen MR) is 112 cm³/mol. The van der Waals surface area contributed by atoms with Crippen LogP contribution in [0.4, 0.5) is 0 Å². The third-order valence-electron chi connectivity index (χ3n) is 5.33. The van der Waals surface area contributed by atoms with Crippen molar-refractivity contribution >= 4 is 11.9 Å². The van der Waals surface area contributed by atoms with Crippen molar-refractivity contribution in [2.45, 2.75) is 60.1 Å². The number of hydrogen-bond acceptors (Lipinski definition) is 4. The van der Waals surface area contributed by atoms with E-state index < -0.39 is 23.5 Å². The summed E-state index contributed by atoms with van der Waals surface area (Å²) in [5, 5.41) is 12.0. The number of nitrogens with one attached hydrogen (secondary N) is 1. The summed E-state index contributed by atoms with van der Waals surface area (Å²) in [5.74, 6) is -1.15. The van der Waals surface area contributed by atoms with Gasteiger partial charge in [-0.15, -0.1) is 0 Å². The van der Waals surface area contributed by atoms with Crippen LogP contribution in [0.2, 0.25) is 0 Å². The first kappa shape index (κ1) is 22.2. The number of amides is 1. The molecule has 2 atom stereocenters. The van der Waals surface area contributed by atoms with E-state index in [1.807, 2.05) is 63.5 Å². The van der Waals surface area contributed by atoms with E-state index in [0.717, 1.165) is 22.6 Å². The quantitative estimate of drug-likeness (QED) is 0.749. The molecule has 6 heteroatoms. The van der Waals surface area contributed by atoms with E-state index in [-0.39, 0.29) is 5.92 Å². The Bertz CT molecular complexity index is 968. The van der Waals surface area contributed by atoms with Crippen molar-refractivity contribution in [2.24, 2.45) is 5.92 Å². The van der Waals surface area contributed by atoms with Gasteiger partial charge in [0.1, 0.15) is 5.54 Å². The summed E-state index contributed by atoms with van der Waals surface area (Å²) in [6.45, 7) is 12.6. The summed E-state index contributed by atoms with van der Waals surface area (Å²) in [7, 11) is 0. The molecule has 0 bridgehead atoms. The normalized spacial score (nSPS) is 14.0. The van der Waals surface area contributed by atoms with E-state index in [1.165, 1.54) is 6.92 Å². The molecule has 0 aliphatic rings. The molecule has 1 aromatic heterocycles. The summed E-state index contributed by atoms with van der Waals surface area (Å²) in [4.78, 5) is 25.2. The number of nitrogens with zero attached hydrogens (tertiary/aromatic N) is 2. The molecule has 0 radical (unpaired) electrons. The molecule has 29 heavy (non-hydrogen) atoms. The fraction of sp³-hybridized carbons (Fsp3) is 0.435. The van der Waals surface area contributed by atoms with Crippen LogP contribution in [0.5, 0.6) is 0 Å². The zero-order valence-electron chi connectivity index (χ0n) is 18.2. The van der Waals surface area contributed by atoms with Gasteiger partial charge in [-0.05, 0) is 64.3 Å². The highest BCUT2D eigenvalue weighted by Gasteiger charge is 2.33. The highest BCUT2D eigenvalue weighted by molar-refractivity contribution is 5.94. The van der Waals surface area contributed by atoms with Crippen LogP contribution in [0.25, 0.3) is 5.69 Å². The van der Waals surface area contributed by atoms with Gasteiger partial charge in [0.25, 0.3) is 5.91 Å². The molecular formula is C23H29N3O3. The van der Waals surface area contributed by atoms with Gasteiger partial charge in [-0.1, -0.05) is 26.0 Å². The van der Waals surface area contributed by atoms with E-state index in [2.05, 4.69) is 11.4 Å². The minimum absolute atomic E-state index is 0.0902. The molecule has 0 aliphatic heterocycles. The van der Waals surface area contributed by atoms with Crippen LogP contribution in [-0.2, 0) is 9.53 Å². The number of benzene rings is 1. The van der Waals surface area contributed by atoms with Crippen molar-refractivity contribution in [3.8, 4) is 11.8 Å². The van der Waals surface area contributed by atoms with Crippen molar-refractivity contribution < 1.29 is 14.3 Å². The van der Waals surface area contributed by atoms with Crippen LogP contribution < -0.4 is 5.32 Å². The van der Waals surface area contributed by atoms with Crippen LogP contribution in [0.3, 0.4) is 0 Å². The first-order valence-electron chi connectivity index (χ1n) is 9.70. The molecule has 154 valence electrons. The topological polar surface area (TPSA) is 84.1 Å². The van der Waals surface area contributed by atoms with Crippen molar-refractivity contribution in [3.63, 3.8) is 0 Å². The Hall–Kier alpha value is -3.07. The number of carbonyl (C=O) groups is 2. The van der Waals surface area contributed by atoms with Gasteiger partial charge < -0.3 is 14.6 Å². The molecule has 6 nitrogen and oxygen atoms in total. The van der Waals surface area contributed by atoms with E-state index in [0.29, 0.717) is 5.56 Å². The summed E-state index contributed by atoms with van der Waals surface area (Å²) in [6.07, 6.45) is -1.02. The van der Waals surface area contributed by atoms with Gasteiger partial charge in [-0.2, -0.15) is 5.26 Å². The Morgan fingerprint density at radius 1 is 1.17 bits per heavy atom. The fourth-order valence-corrected chi connectivity index (χ4v) is 3.07. The molecule has 0 fully saturated rings. The summed E-state index contributed by atoms with van der Waals surface area (Å²) in [5.41, 5.74) is 3.11. The zero-order chi connectivity index (χ0) is 21.9. The van der Waals surface area contributed by atoms with Crippen LogP contribution >= 0.6 is 0 Å². The maximum Gasteiger partial charge on any atom is 0.340 e. The molecule has 0 saturated heterocycles. The van der Waals surface area contributed by atoms with Crippen LogP contribution in [0.15, 0.2) is 30.3 Å². The van der Waals surface area contributed by atoms with Crippen LogP contribution in [0.1, 0.15) is 55.0 Å². The average molecular weight is 396 g/mol. The van der Waals surface area contributed by atoms with E-state index in [9.17, 15) is 14.9 Å². The number of aryl methyl sites for hydroxylation is 2. The van der Waals surface area contributed by atoms with Crippen molar-refractivity contribution in [3.05, 3.63) is 52.8 Å². The average Bonchev–Trinajstić information content (AvgIpc) is 2.95. The standard InChI is InChI=1S/C23H29N3O3/c1-14(2)23(7,13-24)25-21(27)18(6)29-22(28)20-12-16(4)26(17(20)5)19-10-8-9-15(3)11-19/h8-12,14,18H,1-7H3,(H,25,27). The van der Waals surface area contributed by atoms with Gasteiger partial charge in [0, 0.05) is 17.1 Å². The maximum atomic E-state index is 12.7. The Kier molecular flexibility index (Phi) is 6.53. The van der Waals surface area contributed by atoms with Crippen LogP contribution in [0, 0.1) is 38.0 Å². The highest BCUT2D eigenvalue weighted by atomic mass is 16.5. The zero-order valence-corrected chi connectivity index (χ0v) is 18.2. The van der Waals surface area contributed by atoms with Gasteiger partial charge in [-0.25, -0.2) is 4.79 Å². The number of rotatable bonds is 6. The molecule has 1 aromatic carbocycles. The highest BCUT2D eigenvalue weighted by Crippen LogP contribution is 2.23. The second-order valence-electron chi connectivity index (χ2n) is 7.96. The molecule has 1 amide bonds. The maximum absolute atomic E-state index is 12.7. The van der Waals surface area contributed by atoms with Gasteiger partial charge in [0.15, 0.2) is 6.10 Å². The minimum atomic E-state index is -1.03. The van der Waals surface area contributed by atoms with Gasteiger partial charge in [0.2, 0.25) is 0 Å². The fourth-order valence-electron chi connectivity index (χ4n) is 3.07. The van der Waals surface area contributed by atoms with Crippen molar-refractivity contribution in [1.82, 2.24) is 9.88 Å². The minimum Gasteiger partial charge on any atom is -0.449 e. The molecule has 1 heterocycles. The van der Waals surface area contributed by atoms with Crippen molar-refractivity contribution in [2.75, 3.05) is 0 Å². The molecule has 1 N–H and O–H groups in total. The molecule has 0 saturated carbocycles. The number of esters is 1. The molecular weight excluding hydrogens is 366 g/mol. The Morgan fingerprint density at radius 3 is 2.38 bits per heavy atom. The Balaban J connectivity index is 2.20. The number of aromatic nitrogens is 1. The third-order valence-corrected chi connectivity index (χ3v) is 5.33. The van der Waals surface area contributed by atoms with Gasteiger partial charge >= 0.3 is 5.97 Å². The summed E-state index contributed by atoms with van der Waals surface area (Å²) in [6, 6.07) is 11.9. The molecule has 2 aromatic rings. The molecule has 2 rings (SSSR count). The molecule has 2 unspecified atom stereocenters. The molecule has 0 aliphatic carbocycles. The first-order valence-corrected chi connectivity index (χ1v) is 9.70. The van der Waals surface area contributed by atoms with Crippen LogP contribution in [-0.4, -0.2) is 28.1 Å². The lowest BCUT2D eigenvalue weighted by Crippen LogP contribution is -2.52. The third kappa shape index (κ3) is 4.68. The molecule has 0 spiro atoms. The number of ether oxygens (including phenoxy) is 1. The monoisotopic (exact) mass is 395 g/mol. The Labute approximate surface area is 172 Å². The summed E-state index contributed by atoms with van der Waals surface area (Å²) >= 11 is 0. The number of carbonyl (C=O) groups excluding carboxylic acids is 2. The van der Waals surface area contributed by atoms with E-state index in [1.54, 1.807) is 13.0 Å². The smallest absolute Gasteiger partial charge is 0.340 e. The largest absolute Gasteiger partial charge is 0.449 e. The SMILES string of the molecule is Cc1cccc(-n2c(C)cc(C(=O)OC(C)C(=O)NC(C)(C#N)C(C)C)c2C)c1.